The topological polar surface area (TPSA) is 170 Å². The largest absolute Gasteiger partial charge is 0.456 e. The summed E-state index contributed by atoms with van der Waals surface area (Å²) >= 11 is 0. The van der Waals surface area contributed by atoms with Crippen LogP contribution in [0.1, 0.15) is 105 Å². The Morgan fingerprint density at radius 3 is 2.19 bits per heavy atom. The molecule has 0 aromatic heterocycles. The summed E-state index contributed by atoms with van der Waals surface area (Å²) in [5, 5.41) is 41.5. The molecular formula is C31H54O12. The normalized spacial score (nSPS) is 40.2. The number of rotatable bonds is 7. The van der Waals surface area contributed by atoms with Crippen LogP contribution in [-0.4, -0.2) is 106 Å². The van der Waals surface area contributed by atoms with Crippen LogP contribution in [0.15, 0.2) is 0 Å². The lowest BCUT2D eigenvalue weighted by atomic mass is 9.96. The third kappa shape index (κ3) is 10.1. The molecule has 0 spiro atoms. The summed E-state index contributed by atoms with van der Waals surface area (Å²) in [6.07, 6.45) is -4.16. The van der Waals surface area contributed by atoms with Gasteiger partial charge in [-0.1, -0.05) is 51.9 Å². The van der Waals surface area contributed by atoms with Gasteiger partial charge in [0.25, 0.3) is 0 Å². The number of hydrogen-bond donors (Lipinski definition) is 4. The molecule has 0 amide bonds. The fourth-order valence-corrected chi connectivity index (χ4v) is 5.77. The Bertz CT molecular complexity index is 855. The molecule has 0 aromatic carbocycles. The van der Waals surface area contributed by atoms with Gasteiger partial charge in [-0.2, -0.15) is 0 Å². The van der Waals surface area contributed by atoms with Gasteiger partial charge in [-0.25, -0.2) is 0 Å². The Morgan fingerprint density at radius 1 is 0.884 bits per heavy atom. The lowest BCUT2D eigenvalue weighted by Crippen LogP contribution is -2.65. The summed E-state index contributed by atoms with van der Waals surface area (Å²) in [6.45, 7) is 8.26. The minimum Gasteiger partial charge on any atom is -0.456 e. The van der Waals surface area contributed by atoms with E-state index in [2.05, 4.69) is 6.92 Å². The molecule has 12 heteroatoms. The molecule has 0 bridgehead atoms. The van der Waals surface area contributed by atoms with Gasteiger partial charge in [-0.05, 0) is 47.0 Å². The standard InChI is InChI=1S/C31H54O12/c1-6-14-21-15-12-10-8-7-9-11-13-16-22(33)41-28-27(43-30-25(36)24(35)23(34)19(4)38-30)26(20(5)39-31(28)40-21)42-29(37)17(2)18(3)32/h17-21,23-28,30-32,34-36H,6-16H2,1-5H3/t17-,18+,19+,20+,21+,23+,24-,25-,26+,27-,28-,30+,31+/m1/s1. The predicted octanol–water partition coefficient (Wildman–Crippen LogP) is 2.49. The van der Waals surface area contributed by atoms with E-state index in [-0.39, 0.29) is 12.5 Å². The highest BCUT2D eigenvalue weighted by Crippen LogP contribution is 2.34. The van der Waals surface area contributed by atoms with Crippen molar-refractivity contribution in [2.75, 3.05) is 0 Å². The first kappa shape index (κ1) is 36.1. The number of carbonyl (C=O) groups excluding carboxylic acids is 2. The second-order valence-electron chi connectivity index (χ2n) is 12.4. The predicted molar refractivity (Wildman–Crippen MR) is 154 cm³/mol. The summed E-state index contributed by atoms with van der Waals surface area (Å²) in [5.74, 6) is -2.09. The maximum absolute atomic E-state index is 13.2. The molecule has 3 fully saturated rings. The molecule has 43 heavy (non-hydrogen) atoms. The zero-order chi connectivity index (χ0) is 31.7. The van der Waals surface area contributed by atoms with Crippen LogP contribution in [0.25, 0.3) is 0 Å². The van der Waals surface area contributed by atoms with Crippen LogP contribution < -0.4 is 0 Å². The second kappa shape index (κ2) is 17.4. The molecular weight excluding hydrogens is 564 g/mol. The number of fused-ring (bicyclic) bond motifs is 1. The number of ether oxygens (including phenoxy) is 6. The van der Waals surface area contributed by atoms with Crippen LogP contribution in [0, 0.1) is 5.92 Å². The second-order valence-corrected chi connectivity index (χ2v) is 12.4. The van der Waals surface area contributed by atoms with Crippen molar-refractivity contribution in [3.8, 4) is 0 Å². The van der Waals surface area contributed by atoms with E-state index in [0.717, 1.165) is 57.8 Å². The van der Waals surface area contributed by atoms with E-state index in [1.165, 1.54) is 20.8 Å². The number of aliphatic hydroxyl groups excluding tert-OH is 4. The van der Waals surface area contributed by atoms with Gasteiger partial charge < -0.3 is 48.8 Å². The maximum atomic E-state index is 13.2. The SMILES string of the molecule is CCC[C@H]1CCCCCCCCCC(=O)O[C@H]2[C@H](O1)O[C@@H](C)[C@H](OC(=O)[C@H](C)[C@H](C)O)[C@H]2O[C@@H]1O[C@@H](C)[C@H](O)[C@@H](O)[C@H]1O. The average molecular weight is 619 g/mol. The van der Waals surface area contributed by atoms with Gasteiger partial charge in [0, 0.05) is 6.42 Å². The molecule has 0 aromatic rings. The number of aliphatic hydroxyl groups is 4. The highest BCUT2D eigenvalue weighted by Gasteiger charge is 2.54. The maximum Gasteiger partial charge on any atom is 0.311 e. The molecule has 3 rings (SSSR count). The van der Waals surface area contributed by atoms with Crippen LogP contribution in [-0.2, 0) is 38.0 Å². The van der Waals surface area contributed by atoms with Gasteiger partial charge in [0.1, 0.15) is 24.4 Å². The lowest BCUT2D eigenvalue weighted by Gasteiger charge is -2.47. The first-order chi connectivity index (χ1) is 20.4. The summed E-state index contributed by atoms with van der Waals surface area (Å²) in [6, 6.07) is 0. The van der Waals surface area contributed by atoms with Crippen LogP contribution >= 0.6 is 0 Å². The summed E-state index contributed by atoms with van der Waals surface area (Å²) in [7, 11) is 0. The Morgan fingerprint density at radius 2 is 1.53 bits per heavy atom. The molecule has 12 nitrogen and oxygen atoms in total. The Kier molecular flexibility index (Phi) is 14.6. The van der Waals surface area contributed by atoms with Gasteiger partial charge in [0.15, 0.2) is 24.8 Å². The summed E-state index contributed by atoms with van der Waals surface area (Å²) in [4.78, 5) is 26.2. The van der Waals surface area contributed by atoms with E-state index in [4.69, 9.17) is 28.4 Å². The van der Waals surface area contributed by atoms with Crippen molar-refractivity contribution >= 4 is 11.9 Å². The molecule has 0 radical (unpaired) electrons. The highest BCUT2D eigenvalue weighted by molar-refractivity contribution is 5.73. The van der Waals surface area contributed by atoms with Crippen molar-refractivity contribution in [2.24, 2.45) is 5.92 Å². The van der Waals surface area contributed by atoms with Crippen molar-refractivity contribution < 1.29 is 58.4 Å². The monoisotopic (exact) mass is 618 g/mol. The molecule has 3 aliphatic rings. The Hall–Kier alpha value is -1.38. The van der Waals surface area contributed by atoms with E-state index < -0.39 is 85.4 Å². The molecule has 3 heterocycles. The van der Waals surface area contributed by atoms with Crippen LogP contribution in [0.4, 0.5) is 0 Å². The highest BCUT2D eigenvalue weighted by atomic mass is 16.8. The molecule has 0 saturated carbocycles. The quantitative estimate of drug-likeness (QED) is 0.308. The van der Waals surface area contributed by atoms with Gasteiger partial charge in [-0.15, -0.1) is 0 Å². The van der Waals surface area contributed by atoms with Gasteiger partial charge >= 0.3 is 11.9 Å². The number of hydrogen-bond acceptors (Lipinski definition) is 12. The van der Waals surface area contributed by atoms with Crippen LogP contribution in [0.3, 0.4) is 0 Å². The minimum atomic E-state index is -1.65. The Balaban J connectivity index is 1.98. The number of esters is 2. The molecule has 4 N–H and O–H groups in total. The van der Waals surface area contributed by atoms with E-state index in [9.17, 15) is 30.0 Å². The van der Waals surface area contributed by atoms with Crippen LogP contribution in [0.2, 0.25) is 0 Å². The molecule has 0 aliphatic carbocycles. The Labute approximate surface area is 255 Å². The van der Waals surface area contributed by atoms with Gasteiger partial charge in [0.2, 0.25) is 0 Å². The van der Waals surface area contributed by atoms with Crippen LogP contribution in [0.5, 0.6) is 0 Å². The fourth-order valence-electron chi connectivity index (χ4n) is 5.77. The molecule has 250 valence electrons. The summed E-state index contributed by atoms with van der Waals surface area (Å²) < 4.78 is 36.5. The lowest BCUT2D eigenvalue weighted by molar-refractivity contribution is -0.359. The van der Waals surface area contributed by atoms with Crippen molar-refractivity contribution in [3.05, 3.63) is 0 Å². The van der Waals surface area contributed by atoms with Gasteiger partial charge in [-0.3, -0.25) is 9.59 Å². The molecule has 3 aliphatic heterocycles. The van der Waals surface area contributed by atoms with Crippen molar-refractivity contribution in [3.63, 3.8) is 0 Å². The first-order valence-corrected chi connectivity index (χ1v) is 16.2. The van der Waals surface area contributed by atoms with E-state index in [1.54, 1.807) is 6.92 Å². The number of carbonyl (C=O) groups is 2. The molecule has 3 saturated heterocycles. The first-order valence-electron chi connectivity index (χ1n) is 16.2. The van der Waals surface area contributed by atoms with Gasteiger partial charge in [0.05, 0.1) is 30.3 Å². The third-order valence-corrected chi connectivity index (χ3v) is 8.79. The zero-order valence-corrected chi connectivity index (χ0v) is 26.3. The molecule has 0 unspecified atom stereocenters. The third-order valence-electron chi connectivity index (χ3n) is 8.79. The zero-order valence-electron chi connectivity index (χ0n) is 26.3. The van der Waals surface area contributed by atoms with Crippen molar-refractivity contribution in [1.29, 1.82) is 0 Å². The fraction of sp³-hybridized carbons (Fsp3) is 0.935. The molecule has 13 atom stereocenters. The van der Waals surface area contributed by atoms with E-state index in [1.807, 2.05) is 0 Å². The van der Waals surface area contributed by atoms with Crippen molar-refractivity contribution in [2.45, 2.75) is 179 Å². The smallest absolute Gasteiger partial charge is 0.311 e. The summed E-state index contributed by atoms with van der Waals surface area (Å²) in [5.41, 5.74) is 0. The van der Waals surface area contributed by atoms with E-state index in [0.29, 0.717) is 6.42 Å². The minimum absolute atomic E-state index is 0.165. The van der Waals surface area contributed by atoms with E-state index >= 15 is 0 Å². The average Bonchev–Trinajstić information content (AvgIpc) is 2.96. The van der Waals surface area contributed by atoms with Crippen molar-refractivity contribution in [1.82, 2.24) is 0 Å².